The Hall–Kier alpha value is -3.14. The first-order valence-corrected chi connectivity index (χ1v) is 10.3. The van der Waals surface area contributed by atoms with Crippen molar-refractivity contribution in [2.45, 2.75) is 19.4 Å². The molecule has 158 valence electrons. The van der Waals surface area contributed by atoms with Crippen molar-refractivity contribution < 1.29 is 28.7 Å². The second-order valence-corrected chi connectivity index (χ2v) is 7.69. The van der Waals surface area contributed by atoms with Crippen LogP contribution in [-0.2, 0) is 23.9 Å². The van der Waals surface area contributed by atoms with E-state index in [2.05, 4.69) is 4.74 Å². The van der Waals surface area contributed by atoms with E-state index in [1.54, 1.807) is 31.2 Å². The number of imide groups is 2. The minimum absolute atomic E-state index is 0.0125. The number of amides is 5. The summed E-state index contributed by atoms with van der Waals surface area (Å²) < 4.78 is 4.58. The van der Waals surface area contributed by atoms with Gasteiger partial charge in [-0.05, 0) is 18.9 Å². The van der Waals surface area contributed by atoms with Gasteiger partial charge in [0.15, 0.2) is 0 Å². The van der Waals surface area contributed by atoms with E-state index in [1.807, 2.05) is 6.07 Å². The number of hydrogen-bond acceptors (Lipinski definition) is 7. The molecular formula is C20H21N3O6S. The summed E-state index contributed by atoms with van der Waals surface area (Å²) >= 11 is 1.22. The van der Waals surface area contributed by atoms with E-state index in [9.17, 15) is 24.0 Å². The molecule has 1 aromatic rings. The van der Waals surface area contributed by atoms with Gasteiger partial charge in [0.25, 0.3) is 0 Å². The normalized spacial score (nSPS) is 19.3. The minimum atomic E-state index is -0.879. The van der Waals surface area contributed by atoms with E-state index in [-0.39, 0.29) is 31.2 Å². The summed E-state index contributed by atoms with van der Waals surface area (Å²) in [4.78, 5) is 64.3. The van der Waals surface area contributed by atoms with Crippen LogP contribution in [0.2, 0.25) is 0 Å². The van der Waals surface area contributed by atoms with Crippen LogP contribution in [0.5, 0.6) is 0 Å². The lowest BCUT2D eigenvalue weighted by Gasteiger charge is -2.23. The molecule has 1 atom stereocenters. The SMILES string of the molecule is COC(=O)/C=C1/SCC(=O)N1CCCN1C(=O)C(=O)N([C@H](C)c2ccccc2)C1=O. The number of benzene rings is 1. The van der Waals surface area contributed by atoms with Gasteiger partial charge in [-0.25, -0.2) is 14.5 Å². The third-order valence-electron chi connectivity index (χ3n) is 4.87. The van der Waals surface area contributed by atoms with E-state index in [0.717, 1.165) is 15.4 Å². The Bertz CT molecular complexity index is 916. The maximum absolute atomic E-state index is 12.7. The Morgan fingerprint density at radius 1 is 1.10 bits per heavy atom. The molecule has 10 heteroatoms. The molecule has 2 saturated heterocycles. The third kappa shape index (κ3) is 4.23. The molecule has 5 amide bonds. The highest BCUT2D eigenvalue weighted by atomic mass is 32.2. The fourth-order valence-electron chi connectivity index (χ4n) is 3.26. The molecule has 1 aromatic carbocycles. The van der Waals surface area contributed by atoms with Crippen LogP contribution in [0.4, 0.5) is 4.79 Å². The third-order valence-corrected chi connectivity index (χ3v) is 5.90. The van der Waals surface area contributed by atoms with Crippen LogP contribution in [0.15, 0.2) is 41.4 Å². The lowest BCUT2D eigenvalue weighted by molar-refractivity contribution is -0.144. The summed E-state index contributed by atoms with van der Waals surface area (Å²) in [6, 6.07) is 7.72. The zero-order valence-corrected chi connectivity index (χ0v) is 17.4. The topological polar surface area (TPSA) is 104 Å². The molecule has 0 aliphatic carbocycles. The maximum Gasteiger partial charge on any atom is 0.334 e. The summed E-state index contributed by atoms with van der Waals surface area (Å²) in [7, 11) is 1.25. The fraction of sp³-hybridized carbons (Fsp3) is 0.350. The Balaban J connectivity index is 1.64. The molecule has 0 bridgehead atoms. The van der Waals surface area contributed by atoms with Crippen LogP contribution < -0.4 is 0 Å². The smallest absolute Gasteiger partial charge is 0.334 e. The zero-order chi connectivity index (χ0) is 21.8. The van der Waals surface area contributed by atoms with Crippen LogP contribution in [0, 0.1) is 0 Å². The molecule has 0 aromatic heterocycles. The number of ether oxygens (including phenoxy) is 1. The average molecular weight is 431 g/mol. The molecule has 2 fully saturated rings. The monoisotopic (exact) mass is 431 g/mol. The van der Waals surface area contributed by atoms with E-state index in [4.69, 9.17) is 0 Å². The Morgan fingerprint density at radius 2 is 1.77 bits per heavy atom. The van der Waals surface area contributed by atoms with Gasteiger partial charge >= 0.3 is 23.8 Å². The van der Waals surface area contributed by atoms with Crippen LogP contribution in [0.1, 0.15) is 24.9 Å². The molecular weight excluding hydrogens is 410 g/mol. The van der Waals surface area contributed by atoms with Crippen molar-refractivity contribution in [2.75, 3.05) is 26.0 Å². The average Bonchev–Trinajstić information content (AvgIpc) is 3.19. The van der Waals surface area contributed by atoms with Gasteiger partial charge in [0.1, 0.15) is 0 Å². The molecule has 0 N–H and O–H groups in total. The predicted molar refractivity (Wildman–Crippen MR) is 108 cm³/mol. The van der Waals surface area contributed by atoms with Crippen molar-refractivity contribution in [3.63, 3.8) is 0 Å². The molecule has 9 nitrogen and oxygen atoms in total. The van der Waals surface area contributed by atoms with Crippen LogP contribution in [-0.4, -0.2) is 70.4 Å². The second-order valence-electron chi connectivity index (χ2n) is 6.69. The van der Waals surface area contributed by atoms with Gasteiger partial charge in [-0.2, -0.15) is 0 Å². The highest BCUT2D eigenvalue weighted by Gasteiger charge is 2.46. The van der Waals surface area contributed by atoms with E-state index in [1.165, 1.54) is 29.8 Å². The van der Waals surface area contributed by atoms with Gasteiger partial charge in [0.05, 0.1) is 30.0 Å². The van der Waals surface area contributed by atoms with Gasteiger partial charge in [0.2, 0.25) is 5.91 Å². The molecule has 0 radical (unpaired) electrons. The maximum atomic E-state index is 12.7. The Kier molecular flexibility index (Phi) is 6.56. The number of carbonyl (C=O) groups excluding carboxylic acids is 5. The lowest BCUT2D eigenvalue weighted by atomic mass is 10.1. The second kappa shape index (κ2) is 9.12. The number of rotatable bonds is 7. The van der Waals surface area contributed by atoms with Gasteiger partial charge < -0.3 is 9.64 Å². The van der Waals surface area contributed by atoms with E-state index < -0.39 is 29.9 Å². The van der Waals surface area contributed by atoms with Gasteiger partial charge in [-0.3, -0.25) is 19.3 Å². The molecule has 0 spiro atoms. The van der Waals surface area contributed by atoms with Gasteiger partial charge in [-0.1, -0.05) is 42.1 Å². The minimum Gasteiger partial charge on any atom is -0.466 e. The number of urea groups is 1. The van der Waals surface area contributed by atoms with Crippen LogP contribution in [0.3, 0.4) is 0 Å². The summed E-state index contributed by atoms with van der Waals surface area (Å²) in [6.45, 7) is 1.88. The van der Waals surface area contributed by atoms with Crippen molar-refractivity contribution in [3.8, 4) is 0 Å². The summed E-state index contributed by atoms with van der Waals surface area (Å²) in [6.07, 6.45) is 1.50. The highest BCUT2D eigenvalue weighted by molar-refractivity contribution is 8.04. The van der Waals surface area contributed by atoms with Gasteiger partial charge in [-0.15, -0.1) is 0 Å². The molecule has 0 saturated carbocycles. The number of esters is 1. The van der Waals surface area contributed by atoms with Crippen molar-refractivity contribution >= 4 is 41.5 Å². The first-order chi connectivity index (χ1) is 14.3. The molecule has 2 aliphatic heterocycles. The molecule has 2 heterocycles. The first-order valence-electron chi connectivity index (χ1n) is 9.32. The van der Waals surface area contributed by atoms with E-state index >= 15 is 0 Å². The van der Waals surface area contributed by atoms with Crippen molar-refractivity contribution in [2.24, 2.45) is 0 Å². The number of methoxy groups -OCH3 is 1. The Labute approximate surface area is 177 Å². The van der Waals surface area contributed by atoms with Crippen molar-refractivity contribution in [1.82, 2.24) is 14.7 Å². The summed E-state index contributed by atoms with van der Waals surface area (Å²) in [5.74, 6) is -2.29. The lowest BCUT2D eigenvalue weighted by Crippen LogP contribution is -2.36. The van der Waals surface area contributed by atoms with Crippen molar-refractivity contribution in [1.29, 1.82) is 0 Å². The fourth-order valence-corrected chi connectivity index (χ4v) is 4.21. The zero-order valence-electron chi connectivity index (χ0n) is 16.6. The number of nitrogens with zero attached hydrogens (tertiary/aromatic N) is 3. The number of carbonyl (C=O) groups is 5. The van der Waals surface area contributed by atoms with Crippen molar-refractivity contribution in [3.05, 3.63) is 47.0 Å². The van der Waals surface area contributed by atoms with E-state index in [0.29, 0.717) is 5.03 Å². The van der Waals surface area contributed by atoms with Crippen LogP contribution in [0.25, 0.3) is 0 Å². The Morgan fingerprint density at radius 3 is 2.43 bits per heavy atom. The van der Waals surface area contributed by atoms with Gasteiger partial charge in [0, 0.05) is 13.1 Å². The highest BCUT2D eigenvalue weighted by Crippen LogP contribution is 2.30. The first kappa shape index (κ1) is 21.6. The molecule has 30 heavy (non-hydrogen) atoms. The number of thioether (sulfide) groups is 1. The summed E-state index contributed by atoms with van der Waals surface area (Å²) in [5, 5.41) is 0.460. The molecule has 2 aliphatic rings. The molecule has 0 unspecified atom stereocenters. The van der Waals surface area contributed by atoms with Crippen LogP contribution >= 0.6 is 11.8 Å². The quantitative estimate of drug-likeness (QED) is 0.279. The summed E-state index contributed by atoms with van der Waals surface area (Å²) in [5.41, 5.74) is 0.742. The standard InChI is InChI=1S/C20H21N3O6S/c1-13(14-7-4-3-5-8-14)23-19(27)18(26)22(20(23)28)10-6-9-21-15(24)12-30-16(21)11-17(25)29-2/h3-5,7-8,11,13H,6,9-10,12H2,1-2H3/b16-11+/t13-/m1/s1. The number of hydrogen-bond donors (Lipinski definition) is 0. The predicted octanol–water partition coefficient (Wildman–Crippen LogP) is 1.52. The molecule has 3 rings (SSSR count). The largest absolute Gasteiger partial charge is 0.466 e.